The van der Waals surface area contributed by atoms with Gasteiger partial charge in [-0.1, -0.05) is 19.1 Å². The first-order valence-electron chi connectivity index (χ1n) is 10.9. The van der Waals surface area contributed by atoms with Crippen LogP contribution in [0.5, 0.6) is 5.75 Å². The van der Waals surface area contributed by atoms with Crippen LogP contribution in [0.25, 0.3) is 0 Å². The number of guanidine groups is 1. The van der Waals surface area contributed by atoms with Crippen molar-refractivity contribution in [2.75, 3.05) is 44.3 Å². The summed E-state index contributed by atoms with van der Waals surface area (Å²) < 4.78 is 24.8. The zero-order valence-electron chi connectivity index (χ0n) is 18.3. The predicted molar refractivity (Wildman–Crippen MR) is 121 cm³/mol. The summed E-state index contributed by atoms with van der Waals surface area (Å²) in [6.07, 6.45) is 2.50. The molecule has 3 rings (SSSR count). The number of pyridine rings is 1. The molecule has 1 unspecified atom stereocenters. The maximum absolute atomic E-state index is 13.4. The number of benzene rings is 1. The van der Waals surface area contributed by atoms with E-state index in [0.29, 0.717) is 38.0 Å². The Bertz CT molecular complexity index is 842. The van der Waals surface area contributed by atoms with Gasteiger partial charge in [-0.15, -0.1) is 0 Å². The fourth-order valence-corrected chi connectivity index (χ4v) is 3.33. The maximum Gasteiger partial charge on any atom is 0.191 e. The predicted octanol–water partition coefficient (Wildman–Crippen LogP) is 2.97. The van der Waals surface area contributed by atoms with E-state index in [1.165, 1.54) is 12.1 Å². The van der Waals surface area contributed by atoms with E-state index in [1.807, 2.05) is 26.1 Å². The number of hydrogen-bond donors (Lipinski definition) is 2. The molecule has 0 amide bonds. The van der Waals surface area contributed by atoms with Gasteiger partial charge in [-0.25, -0.2) is 14.4 Å². The quantitative estimate of drug-likeness (QED) is 0.472. The Kier molecular flexibility index (Phi) is 8.90. The summed E-state index contributed by atoms with van der Waals surface area (Å²) in [4.78, 5) is 11.6. The van der Waals surface area contributed by atoms with Gasteiger partial charge in [-0.3, -0.25) is 0 Å². The van der Waals surface area contributed by atoms with Crippen molar-refractivity contribution in [3.8, 4) is 5.75 Å². The van der Waals surface area contributed by atoms with Crippen LogP contribution in [0, 0.1) is 5.82 Å². The Morgan fingerprint density at radius 3 is 2.81 bits per heavy atom. The highest BCUT2D eigenvalue weighted by molar-refractivity contribution is 5.79. The lowest BCUT2D eigenvalue weighted by atomic mass is 10.2. The molecule has 31 heavy (non-hydrogen) atoms. The van der Waals surface area contributed by atoms with Crippen LogP contribution < -0.4 is 20.3 Å². The molecule has 0 bridgehead atoms. The minimum Gasteiger partial charge on any atom is -0.489 e. The first-order valence-corrected chi connectivity index (χ1v) is 10.9. The fraction of sp³-hybridized carbons (Fsp3) is 0.478. The minimum atomic E-state index is -0.303. The number of anilines is 1. The SMILES string of the molecule is CCNC(=NCc1cccnc1N1CCOCC1)NCC(CC)Oc1cccc(F)c1. The van der Waals surface area contributed by atoms with Crippen molar-refractivity contribution in [3.05, 3.63) is 54.0 Å². The molecule has 1 saturated heterocycles. The first-order chi connectivity index (χ1) is 15.2. The van der Waals surface area contributed by atoms with Crippen LogP contribution in [-0.2, 0) is 11.3 Å². The summed E-state index contributed by atoms with van der Waals surface area (Å²) in [6, 6.07) is 10.2. The molecule has 2 aromatic rings. The number of hydrogen-bond acceptors (Lipinski definition) is 5. The topological polar surface area (TPSA) is 71.0 Å². The number of ether oxygens (including phenoxy) is 2. The number of aliphatic imine (C=N–C) groups is 1. The second-order valence-corrected chi connectivity index (χ2v) is 7.27. The summed E-state index contributed by atoms with van der Waals surface area (Å²) in [5, 5.41) is 6.62. The molecule has 0 radical (unpaired) electrons. The smallest absolute Gasteiger partial charge is 0.191 e. The average Bonchev–Trinajstić information content (AvgIpc) is 2.80. The molecule has 0 saturated carbocycles. The van der Waals surface area contributed by atoms with Gasteiger partial charge in [0, 0.05) is 37.5 Å². The molecule has 168 valence electrons. The zero-order valence-corrected chi connectivity index (χ0v) is 18.3. The van der Waals surface area contributed by atoms with Crippen molar-refractivity contribution in [2.24, 2.45) is 4.99 Å². The van der Waals surface area contributed by atoms with Crippen LogP contribution in [0.3, 0.4) is 0 Å². The standard InChI is InChI=1S/C23H32FN5O2/c1-3-20(31-21-9-5-8-19(24)15-21)17-28-23(25-4-2)27-16-18-7-6-10-26-22(18)29-11-13-30-14-12-29/h5-10,15,20H,3-4,11-14,16-17H2,1-2H3,(H2,25,27,28). The summed E-state index contributed by atoms with van der Waals surface area (Å²) in [6.45, 7) is 8.99. The third kappa shape index (κ3) is 7.10. The molecule has 7 nitrogen and oxygen atoms in total. The molecule has 0 aliphatic carbocycles. The number of aromatic nitrogens is 1. The Labute approximate surface area is 183 Å². The van der Waals surface area contributed by atoms with Gasteiger partial charge in [0.15, 0.2) is 5.96 Å². The lowest BCUT2D eigenvalue weighted by Crippen LogP contribution is -2.42. The van der Waals surface area contributed by atoms with E-state index in [-0.39, 0.29) is 11.9 Å². The third-order valence-corrected chi connectivity index (χ3v) is 4.98. The van der Waals surface area contributed by atoms with Crippen molar-refractivity contribution < 1.29 is 13.9 Å². The Morgan fingerprint density at radius 2 is 2.06 bits per heavy atom. The summed E-state index contributed by atoms with van der Waals surface area (Å²) in [5.41, 5.74) is 1.07. The van der Waals surface area contributed by atoms with Gasteiger partial charge in [-0.05, 0) is 31.5 Å². The van der Waals surface area contributed by atoms with Gasteiger partial charge >= 0.3 is 0 Å². The number of rotatable bonds is 9. The molecule has 1 aromatic heterocycles. The molecule has 1 aliphatic heterocycles. The van der Waals surface area contributed by atoms with E-state index in [0.717, 1.165) is 37.4 Å². The van der Waals surface area contributed by atoms with Crippen molar-refractivity contribution >= 4 is 11.8 Å². The lowest BCUT2D eigenvalue weighted by molar-refractivity contribution is 0.122. The number of nitrogens with one attached hydrogen (secondary N) is 2. The normalized spacial score (nSPS) is 15.5. The van der Waals surface area contributed by atoms with E-state index < -0.39 is 0 Å². The minimum absolute atomic E-state index is 0.104. The zero-order chi connectivity index (χ0) is 21.9. The molecular formula is C23H32FN5O2. The van der Waals surface area contributed by atoms with E-state index in [9.17, 15) is 4.39 Å². The van der Waals surface area contributed by atoms with Crippen LogP contribution in [0.1, 0.15) is 25.8 Å². The Balaban J connectivity index is 1.62. The van der Waals surface area contributed by atoms with Gasteiger partial charge < -0.3 is 25.0 Å². The van der Waals surface area contributed by atoms with E-state index in [1.54, 1.807) is 12.1 Å². The van der Waals surface area contributed by atoms with Crippen LogP contribution in [-0.4, -0.2) is 56.4 Å². The van der Waals surface area contributed by atoms with Crippen LogP contribution in [0.4, 0.5) is 10.2 Å². The highest BCUT2D eigenvalue weighted by Gasteiger charge is 2.16. The van der Waals surface area contributed by atoms with E-state index >= 15 is 0 Å². The number of nitrogens with zero attached hydrogens (tertiary/aromatic N) is 3. The summed E-state index contributed by atoms with van der Waals surface area (Å²) >= 11 is 0. The van der Waals surface area contributed by atoms with Crippen LogP contribution >= 0.6 is 0 Å². The monoisotopic (exact) mass is 429 g/mol. The molecule has 1 fully saturated rings. The van der Waals surface area contributed by atoms with Crippen LogP contribution in [0.2, 0.25) is 0 Å². The maximum atomic E-state index is 13.4. The van der Waals surface area contributed by atoms with Gasteiger partial charge in [0.25, 0.3) is 0 Å². The average molecular weight is 430 g/mol. The molecule has 1 aliphatic rings. The molecule has 8 heteroatoms. The van der Waals surface area contributed by atoms with Crippen molar-refractivity contribution in [2.45, 2.75) is 32.9 Å². The first kappa shape index (κ1) is 22.8. The summed E-state index contributed by atoms with van der Waals surface area (Å²) in [5.74, 6) is 1.90. The van der Waals surface area contributed by atoms with Gasteiger partial charge in [-0.2, -0.15) is 0 Å². The molecular weight excluding hydrogens is 397 g/mol. The Hall–Kier alpha value is -2.87. The van der Waals surface area contributed by atoms with Crippen LogP contribution in [0.15, 0.2) is 47.6 Å². The highest BCUT2D eigenvalue weighted by atomic mass is 19.1. The van der Waals surface area contributed by atoms with Crippen molar-refractivity contribution in [1.29, 1.82) is 0 Å². The largest absolute Gasteiger partial charge is 0.489 e. The molecule has 2 N–H and O–H groups in total. The second kappa shape index (κ2) is 12.1. The third-order valence-electron chi connectivity index (χ3n) is 4.98. The molecule has 2 heterocycles. The van der Waals surface area contributed by atoms with Crippen molar-refractivity contribution in [1.82, 2.24) is 15.6 Å². The van der Waals surface area contributed by atoms with E-state index in [4.69, 9.17) is 14.5 Å². The fourth-order valence-electron chi connectivity index (χ4n) is 3.33. The van der Waals surface area contributed by atoms with Crippen molar-refractivity contribution in [3.63, 3.8) is 0 Å². The second-order valence-electron chi connectivity index (χ2n) is 7.27. The van der Waals surface area contributed by atoms with Gasteiger partial charge in [0.2, 0.25) is 0 Å². The Morgan fingerprint density at radius 1 is 1.23 bits per heavy atom. The summed E-state index contributed by atoms with van der Waals surface area (Å²) in [7, 11) is 0. The lowest BCUT2D eigenvalue weighted by Gasteiger charge is -2.29. The van der Waals surface area contributed by atoms with Gasteiger partial charge in [0.05, 0.1) is 26.3 Å². The highest BCUT2D eigenvalue weighted by Crippen LogP contribution is 2.19. The van der Waals surface area contributed by atoms with Gasteiger partial charge in [0.1, 0.15) is 23.5 Å². The van der Waals surface area contributed by atoms with E-state index in [2.05, 4.69) is 26.6 Å². The molecule has 1 atom stereocenters. The molecule has 1 aromatic carbocycles. The molecule has 0 spiro atoms. The number of morpholine rings is 1. The number of halogens is 1.